The minimum Gasteiger partial charge on any atom is -0.454 e. The lowest BCUT2D eigenvalue weighted by molar-refractivity contribution is -0.106. The Labute approximate surface area is 174 Å². The van der Waals surface area contributed by atoms with Gasteiger partial charge in [0, 0.05) is 12.3 Å². The zero-order chi connectivity index (χ0) is 22.6. The normalized spacial score (nSPS) is 11.9. The highest BCUT2D eigenvalue weighted by atomic mass is 32.2. The van der Waals surface area contributed by atoms with Gasteiger partial charge in [-0.25, -0.2) is 17.2 Å². The number of benzene rings is 2. The molecule has 1 aromatic heterocycles. The fourth-order valence-electron chi connectivity index (χ4n) is 2.64. The molecule has 5 nitrogen and oxygen atoms in total. The molecule has 0 atom stereocenters. The minimum atomic E-state index is -4.94. The van der Waals surface area contributed by atoms with E-state index in [1.54, 1.807) is 12.1 Å². The topological polar surface area (TPSA) is 59.5 Å². The Hall–Kier alpha value is -3.21. The highest BCUT2D eigenvalue weighted by Gasteiger charge is 2.38. The molecule has 0 fully saturated rings. The van der Waals surface area contributed by atoms with Gasteiger partial charge in [0.2, 0.25) is 10.0 Å². The Morgan fingerprint density at radius 3 is 2.26 bits per heavy atom. The van der Waals surface area contributed by atoms with Crippen LogP contribution in [0.25, 0.3) is 0 Å². The Bertz CT molecular complexity index is 1140. The summed E-state index contributed by atoms with van der Waals surface area (Å²) in [5.41, 5.74) is 0.170. The van der Waals surface area contributed by atoms with Gasteiger partial charge in [0.25, 0.3) is 0 Å². The Morgan fingerprint density at radius 2 is 1.68 bits per heavy atom. The molecule has 2 aromatic carbocycles. The minimum absolute atomic E-state index is 0.0677. The number of sulfonamides is 1. The molecule has 0 bridgehead atoms. The van der Waals surface area contributed by atoms with Crippen molar-refractivity contribution in [2.75, 3.05) is 10.1 Å². The molecule has 0 spiro atoms. The summed E-state index contributed by atoms with van der Waals surface area (Å²) < 4.78 is 96.0. The zero-order valence-corrected chi connectivity index (χ0v) is 16.5. The van der Waals surface area contributed by atoms with E-state index in [4.69, 9.17) is 4.74 Å². The van der Waals surface area contributed by atoms with Crippen molar-refractivity contribution < 1.29 is 35.1 Å². The van der Waals surface area contributed by atoms with Crippen molar-refractivity contribution >= 4 is 15.7 Å². The van der Waals surface area contributed by atoms with Crippen LogP contribution >= 0.6 is 0 Å². The second-order valence-corrected chi connectivity index (χ2v) is 8.26. The summed E-state index contributed by atoms with van der Waals surface area (Å²) in [5.74, 6) is -4.00. The van der Waals surface area contributed by atoms with E-state index in [1.807, 2.05) is 0 Å². The van der Waals surface area contributed by atoms with Crippen LogP contribution in [-0.2, 0) is 16.6 Å². The largest absolute Gasteiger partial charge is 0.454 e. The SMILES string of the molecule is O=S(=O)(CC(F)(F)F)N(Cc1ccccn1)c1ccc(Oc2ccc(F)cc2F)cc1. The van der Waals surface area contributed by atoms with Gasteiger partial charge in [0.1, 0.15) is 11.6 Å². The van der Waals surface area contributed by atoms with E-state index < -0.39 is 40.1 Å². The van der Waals surface area contributed by atoms with Gasteiger partial charge in [-0.3, -0.25) is 9.29 Å². The number of pyridine rings is 1. The predicted octanol–water partition coefficient (Wildman–Crippen LogP) is 5.05. The summed E-state index contributed by atoms with van der Waals surface area (Å²) in [7, 11) is -4.79. The summed E-state index contributed by atoms with van der Waals surface area (Å²) >= 11 is 0. The van der Waals surface area contributed by atoms with E-state index in [-0.39, 0.29) is 22.9 Å². The monoisotopic (exact) mass is 458 g/mol. The van der Waals surface area contributed by atoms with Gasteiger partial charge >= 0.3 is 6.18 Å². The van der Waals surface area contributed by atoms with E-state index in [9.17, 15) is 30.4 Å². The Kier molecular flexibility index (Phi) is 6.44. The van der Waals surface area contributed by atoms with Crippen LogP contribution in [0.1, 0.15) is 5.69 Å². The lowest BCUT2D eigenvalue weighted by Crippen LogP contribution is -2.37. The third-order valence-electron chi connectivity index (χ3n) is 3.96. The molecule has 1 heterocycles. The molecule has 0 unspecified atom stereocenters. The molecule has 0 saturated heterocycles. The quantitative estimate of drug-likeness (QED) is 0.465. The second-order valence-electron chi connectivity index (χ2n) is 6.37. The molecule has 0 aliphatic heterocycles. The van der Waals surface area contributed by atoms with E-state index in [2.05, 4.69) is 4.98 Å². The molecule has 31 heavy (non-hydrogen) atoms. The third-order valence-corrected chi connectivity index (χ3v) is 5.66. The number of halogens is 5. The number of ether oxygens (including phenoxy) is 1. The number of rotatable bonds is 7. The number of alkyl halides is 3. The van der Waals surface area contributed by atoms with Gasteiger partial charge in [-0.2, -0.15) is 13.2 Å². The van der Waals surface area contributed by atoms with Gasteiger partial charge < -0.3 is 4.74 Å². The lowest BCUT2D eigenvalue weighted by atomic mass is 10.2. The van der Waals surface area contributed by atoms with E-state index in [1.165, 1.54) is 36.5 Å². The van der Waals surface area contributed by atoms with E-state index in [0.29, 0.717) is 10.4 Å². The van der Waals surface area contributed by atoms with Crippen LogP contribution in [0.4, 0.5) is 27.6 Å². The van der Waals surface area contributed by atoms with Crippen molar-refractivity contribution in [2.45, 2.75) is 12.7 Å². The van der Waals surface area contributed by atoms with Gasteiger partial charge in [-0.05, 0) is 48.5 Å². The highest BCUT2D eigenvalue weighted by Crippen LogP contribution is 2.30. The predicted molar refractivity (Wildman–Crippen MR) is 103 cm³/mol. The lowest BCUT2D eigenvalue weighted by Gasteiger charge is -2.25. The maximum absolute atomic E-state index is 13.7. The average Bonchev–Trinajstić information content (AvgIpc) is 2.68. The molecule has 164 valence electrons. The molecule has 0 aliphatic carbocycles. The van der Waals surface area contributed by atoms with Gasteiger partial charge in [-0.15, -0.1) is 0 Å². The van der Waals surface area contributed by atoms with Crippen molar-refractivity contribution in [1.82, 2.24) is 4.98 Å². The van der Waals surface area contributed by atoms with Crippen LogP contribution in [0, 0.1) is 11.6 Å². The highest BCUT2D eigenvalue weighted by molar-refractivity contribution is 7.92. The van der Waals surface area contributed by atoms with Crippen LogP contribution in [-0.4, -0.2) is 25.3 Å². The molecule has 3 rings (SSSR count). The fraction of sp³-hybridized carbons (Fsp3) is 0.150. The number of nitrogens with zero attached hydrogens (tertiary/aromatic N) is 2. The first-order valence-electron chi connectivity index (χ1n) is 8.73. The number of anilines is 1. The molecule has 11 heteroatoms. The molecular formula is C20H15F5N2O3S. The van der Waals surface area contributed by atoms with Crippen LogP contribution in [0.5, 0.6) is 11.5 Å². The van der Waals surface area contributed by atoms with Gasteiger partial charge in [0.05, 0.1) is 17.9 Å². The van der Waals surface area contributed by atoms with Crippen LogP contribution in [0.15, 0.2) is 66.9 Å². The average molecular weight is 458 g/mol. The first-order valence-corrected chi connectivity index (χ1v) is 10.3. The molecule has 0 N–H and O–H groups in total. The van der Waals surface area contributed by atoms with Crippen molar-refractivity contribution in [1.29, 1.82) is 0 Å². The number of hydrogen-bond acceptors (Lipinski definition) is 4. The van der Waals surface area contributed by atoms with E-state index in [0.717, 1.165) is 12.1 Å². The van der Waals surface area contributed by atoms with Gasteiger partial charge in [0.15, 0.2) is 17.3 Å². The number of aromatic nitrogens is 1. The van der Waals surface area contributed by atoms with Crippen LogP contribution in [0.3, 0.4) is 0 Å². The van der Waals surface area contributed by atoms with Crippen LogP contribution in [0.2, 0.25) is 0 Å². The fourth-order valence-corrected chi connectivity index (χ4v) is 3.98. The molecule has 0 radical (unpaired) electrons. The summed E-state index contributed by atoms with van der Waals surface area (Å²) in [5, 5.41) is 0. The molecule has 0 amide bonds. The molecule has 3 aromatic rings. The summed E-state index contributed by atoms with van der Waals surface area (Å²) in [6.07, 6.45) is -3.55. The van der Waals surface area contributed by atoms with Crippen molar-refractivity contribution in [2.24, 2.45) is 0 Å². The third kappa shape index (κ3) is 6.14. The van der Waals surface area contributed by atoms with Crippen molar-refractivity contribution in [3.8, 4) is 11.5 Å². The first-order chi connectivity index (χ1) is 14.5. The smallest absolute Gasteiger partial charge is 0.404 e. The Balaban J connectivity index is 1.89. The number of hydrogen-bond donors (Lipinski definition) is 0. The molecule has 0 aliphatic rings. The zero-order valence-electron chi connectivity index (χ0n) is 15.7. The second kappa shape index (κ2) is 8.88. The van der Waals surface area contributed by atoms with E-state index >= 15 is 0 Å². The summed E-state index contributed by atoms with van der Waals surface area (Å²) in [4.78, 5) is 3.96. The maximum Gasteiger partial charge on any atom is 0.404 e. The van der Waals surface area contributed by atoms with Crippen molar-refractivity contribution in [3.63, 3.8) is 0 Å². The Morgan fingerprint density at radius 1 is 0.968 bits per heavy atom. The molecular weight excluding hydrogens is 443 g/mol. The van der Waals surface area contributed by atoms with Crippen LogP contribution < -0.4 is 9.04 Å². The summed E-state index contributed by atoms with van der Waals surface area (Å²) in [6.45, 7) is -0.425. The standard InChI is InChI=1S/C20H15F5N2O3S/c21-14-4-9-19(18(22)11-14)30-17-7-5-16(6-8-17)27(12-15-3-1-2-10-26-15)31(28,29)13-20(23,24)25/h1-11H,12-13H2. The van der Waals surface area contributed by atoms with Gasteiger partial charge in [-0.1, -0.05) is 6.07 Å². The van der Waals surface area contributed by atoms with Crippen molar-refractivity contribution in [3.05, 3.63) is 84.2 Å². The first kappa shape index (κ1) is 22.5. The molecule has 0 saturated carbocycles. The maximum atomic E-state index is 13.7. The summed E-state index contributed by atoms with van der Waals surface area (Å²) in [6, 6.07) is 12.3.